The molecule has 2 aliphatic rings. The molecule has 0 radical (unpaired) electrons. The maximum atomic E-state index is 12.5. The quantitative estimate of drug-likeness (QED) is 0.853. The van der Waals surface area contributed by atoms with Crippen LogP contribution in [0.25, 0.3) is 0 Å². The number of ether oxygens (including phenoxy) is 1. The van der Waals surface area contributed by atoms with Crippen molar-refractivity contribution in [1.29, 1.82) is 0 Å². The number of fused-ring (bicyclic) bond motifs is 1. The zero-order valence-electron chi connectivity index (χ0n) is 16.0. The highest BCUT2D eigenvalue weighted by Crippen LogP contribution is 2.29. The summed E-state index contributed by atoms with van der Waals surface area (Å²) in [6.45, 7) is 5.54. The van der Waals surface area contributed by atoms with Crippen molar-refractivity contribution in [2.75, 3.05) is 30.3 Å². The monoisotopic (exact) mass is 379 g/mol. The van der Waals surface area contributed by atoms with Gasteiger partial charge in [0.15, 0.2) is 6.61 Å². The highest BCUT2D eigenvalue weighted by molar-refractivity contribution is 6.05. The zero-order valence-corrected chi connectivity index (χ0v) is 16.0. The predicted molar refractivity (Wildman–Crippen MR) is 109 cm³/mol. The van der Waals surface area contributed by atoms with Gasteiger partial charge in [0.05, 0.1) is 5.69 Å². The molecule has 0 bridgehead atoms. The van der Waals surface area contributed by atoms with E-state index >= 15 is 0 Å². The second-order valence-corrected chi connectivity index (χ2v) is 7.68. The van der Waals surface area contributed by atoms with E-state index in [2.05, 4.69) is 34.6 Å². The first-order valence-corrected chi connectivity index (χ1v) is 9.76. The summed E-state index contributed by atoms with van der Waals surface area (Å²) < 4.78 is 5.38. The van der Waals surface area contributed by atoms with Crippen LogP contribution in [0.5, 0.6) is 5.75 Å². The largest absolute Gasteiger partial charge is 0.482 e. The third-order valence-corrected chi connectivity index (χ3v) is 5.24. The minimum absolute atomic E-state index is 0.0324. The molecule has 0 aromatic heterocycles. The summed E-state index contributed by atoms with van der Waals surface area (Å²) in [6.07, 6.45) is 2.59. The number of piperidine rings is 1. The van der Waals surface area contributed by atoms with Gasteiger partial charge in [0.2, 0.25) is 0 Å². The smallest absolute Gasteiger partial charge is 0.262 e. The molecule has 2 heterocycles. The number of amides is 2. The Morgan fingerprint density at radius 3 is 2.86 bits per heavy atom. The van der Waals surface area contributed by atoms with Crippen LogP contribution in [0.2, 0.25) is 0 Å². The lowest BCUT2D eigenvalue weighted by atomic mass is 10.00. The molecule has 2 N–H and O–H groups in total. The fourth-order valence-corrected chi connectivity index (χ4v) is 3.80. The van der Waals surface area contributed by atoms with Crippen LogP contribution in [-0.2, 0) is 11.3 Å². The first-order chi connectivity index (χ1) is 13.6. The summed E-state index contributed by atoms with van der Waals surface area (Å²) >= 11 is 0. The predicted octanol–water partition coefficient (Wildman–Crippen LogP) is 3.50. The molecule has 146 valence electrons. The van der Waals surface area contributed by atoms with Crippen LogP contribution in [0, 0.1) is 5.92 Å². The number of likely N-dealkylation sites (tertiary alicyclic amines) is 1. The van der Waals surface area contributed by atoms with E-state index in [4.69, 9.17) is 4.74 Å². The lowest BCUT2D eigenvalue weighted by Gasteiger charge is -2.30. The Bertz CT molecular complexity index is 879. The molecule has 0 spiro atoms. The molecule has 0 saturated carbocycles. The summed E-state index contributed by atoms with van der Waals surface area (Å²) in [5.74, 6) is 0.879. The number of anilines is 2. The molecule has 2 amide bonds. The second kappa shape index (κ2) is 8.02. The van der Waals surface area contributed by atoms with Gasteiger partial charge in [-0.15, -0.1) is 0 Å². The Morgan fingerprint density at radius 2 is 2.07 bits per heavy atom. The highest BCUT2D eigenvalue weighted by atomic mass is 16.5. The van der Waals surface area contributed by atoms with Crippen LogP contribution in [0.3, 0.4) is 0 Å². The standard InChI is InChI=1S/C22H25N3O3/c1-15-3-2-10-25(12-15)13-16-4-7-18(8-5-16)23-22(27)17-6-9-19-20(11-17)28-14-21(26)24-19/h4-9,11,15H,2-3,10,12-14H2,1H3,(H,23,27)(H,24,26). The maximum absolute atomic E-state index is 12.5. The van der Waals surface area contributed by atoms with Crippen molar-refractivity contribution in [3.8, 4) is 5.75 Å². The maximum Gasteiger partial charge on any atom is 0.262 e. The number of nitrogens with zero attached hydrogens (tertiary/aromatic N) is 1. The summed E-state index contributed by atoms with van der Waals surface area (Å²) in [7, 11) is 0. The highest BCUT2D eigenvalue weighted by Gasteiger charge is 2.18. The molecule has 2 aliphatic heterocycles. The number of benzene rings is 2. The summed E-state index contributed by atoms with van der Waals surface area (Å²) in [6, 6.07) is 13.0. The molecular formula is C22H25N3O3. The first-order valence-electron chi connectivity index (χ1n) is 9.76. The van der Waals surface area contributed by atoms with E-state index in [1.54, 1.807) is 18.2 Å². The van der Waals surface area contributed by atoms with E-state index in [-0.39, 0.29) is 18.4 Å². The number of hydrogen-bond donors (Lipinski definition) is 2. The van der Waals surface area contributed by atoms with Crippen LogP contribution < -0.4 is 15.4 Å². The third kappa shape index (κ3) is 4.34. The fourth-order valence-electron chi connectivity index (χ4n) is 3.80. The number of rotatable bonds is 4. The number of hydrogen-bond acceptors (Lipinski definition) is 4. The van der Waals surface area contributed by atoms with Crippen molar-refractivity contribution in [1.82, 2.24) is 4.90 Å². The fraction of sp³-hybridized carbons (Fsp3) is 0.364. The van der Waals surface area contributed by atoms with Crippen molar-refractivity contribution >= 4 is 23.2 Å². The molecule has 4 rings (SSSR count). The third-order valence-electron chi connectivity index (χ3n) is 5.24. The molecule has 2 aromatic carbocycles. The van der Waals surface area contributed by atoms with Crippen LogP contribution in [0.4, 0.5) is 11.4 Å². The van der Waals surface area contributed by atoms with Gasteiger partial charge in [-0.05, 0) is 61.2 Å². The molecule has 1 fully saturated rings. The minimum atomic E-state index is -0.207. The number of nitrogens with one attached hydrogen (secondary N) is 2. The van der Waals surface area contributed by atoms with Gasteiger partial charge >= 0.3 is 0 Å². The van der Waals surface area contributed by atoms with Crippen LogP contribution in [-0.4, -0.2) is 36.4 Å². The Morgan fingerprint density at radius 1 is 1.25 bits per heavy atom. The van der Waals surface area contributed by atoms with Gasteiger partial charge in [0.25, 0.3) is 11.8 Å². The lowest BCUT2D eigenvalue weighted by Crippen LogP contribution is -2.33. The molecule has 1 atom stereocenters. The zero-order chi connectivity index (χ0) is 19.5. The van der Waals surface area contributed by atoms with Crippen molar-refractivity contribution in [3.05, 3.63) is 53.6 Å². The lowest BCUT2D eigenvalue weighted by molar-refractivity contribution is -0.118. The molecular weight excluding hydrogens is 354 g/mol. The minimum Gasteiger partial charge on any atom is -0.482 e. The Kier molecular flexibility index (Phi) is 5.30. The van der Waals surface area contributed by atoms with E-state index in [0.29, 0.717) is 17.0 Å². The normalized spacial score (nSPS) is 19.3. The number of carbonyl (C=O) groups is 2. The average molecular weight is 379 g/mol. The van der Waals surface area contributed by atoms with Crippen LogP contribution >= 0.6 is 0 Å². The van der Waals surface area contributed by atoms with Gasteiger partial charge in [-0.1, -0.05) is 19.1 Å². The van der Waals surface area contributed by atoms with Crippen molar-refractivity contribution < 1.29 is 14.3 Å². The molecule has 6 nitrogen and oxygen atoms in total. The van der Waals surface area contributed by atoms with Crippen LogP contribution in [0.15, 0.2) is 42.5 Å². The summed E-state index contributed by atoms with van der Waals surface area (Å²) in [5.41, 5.74) is 3.09. The Labute approximate surface area is 164 Å². The van der Waals surface area contributed by atoms with Gasteiger partial charge < -0.3 is 15.4 Å². The molecule has 0 aliphatic carbocycles. The summed E-state index contributed by atoms with van der Waals surface area (Å²) in [4.78, 5) is 26.4. The Hall–Kier alpha value is -2.86. The SMILES string of the molecule is CC1CCCN(Cc2ccc(NC(=O)c3ccc4c(c3)OCC(=O)N4)cc2)C1. The summed E-state index contributed by atoms with van der Waals surface area (Å²) in [5, 5.41) is 5.63. The topological polar surface area (TPSA) is 70.7 Å². The average Bonchev–Trinajstić information content (AvgIpc) is 2.69. The second-order valence-electron chi connectivity index (χ2n) is 7.68. The molecule has 2 aromatic rings. The van der Waals surface area contributed by atoms with Crippen molar-refractivity contribution in [2.24, 2.45) is 5.92 Å². The first kappa shape index (κ1) is 18.5. The van der Waals surface area contributed by atoms with E-state index < -0.39 is 0 Å². The van der Waals surface area contributed by atoms with E-state index in [0.717, 1.165) is 31.2 Å². The molecule has 28 heavy (non-hydrogen) atoms. The number of carbonyl (C=O) groups excluding carboxylic acids is 2. The molecule has 1 unspecified atom stereocenters. The van der Waals surface area contributed by atoms with Gasteiger partial charge in [0, 0.05) is 24.3 Å². The van der Waals surface area contributed by atoms with Gasteiger partial charge in [0.1, 0.15) is 5.75 Å². The van der Waals surface area contributed by atoms with E-state index in [1.165, 1.54) is 18.4 Å². The van der Waals surface area contributed by atoms with E-state index in [1.807, 2.05) is 12.1 Å². The van der Waals surface area contributed by atoms with Gasteiger partial charge in [-0.2, -0.15) is 0 Å². The van der Waals surface area contributed by atoms with Crippen molar-refractivity contribution in [2.45, 2.75) is 26.3 Å². The van der Waals surface area contributed by atoms with E-state index in [9.17, 15) is 9.59 Å². The molecule has 1 saturated heterocycles. The van der Waals surface area contributed by atoms with Crippen LogP contribution in [0.1, 0.15) is 35.7 Å². The Balaban J connectivity index is 1.37. The molecule has 6 heteroatoms. The van der Waals surface area contributed by atoms with Gasteiger partial charge in [-0.3, -0.25) is 14.5 Å². The van der Waals surface area contributed by atoms with Crippen molar-refractivity contribution in [3.63, 3.8) is 0 Å². The van der Waals surface area contributed by atoms with Gasteiger partial charge in [-0.25, -0.2) is 0 Å².